The fourth-order valence-electron chi connectivity index (χ4n) is 3.13. The molecule has 0 saturated carbocycles. The lowest BCUT2D eigenvalue weighted by Crippen LogP contribution is -2.33. The number of likely N-dealkylation sites (tertiary alicyclic amines) is 1. The van der Waals surface area contributed by atoms with Crippen molar-refractivity contribution >= 4 is 11.6 Å². The molecule has 2 heterocycles. The molecule has 116 valence electrons. The molecule has 0 aliphatic carbocycles. The number of hydrogen-bond donors (Lipinski definition) is 0. The lowest BCUT2D eigenvalue weighted by Gasteiger charge is -2.35. The Morgan fingerprint density at radius 1 is 1.27 bits per heavy atom. The van der Waals surface area contributed by atoms with Gasteiger partial charge in [0.2, 0.25) is 0 Å². The van der Waals surface area contributed by atoms with Crippen molar-refractivity contribution in [2.75, 3.05) is 13.7 Å². The van der Waals surface area contributed by atoms with E-state index in [4.69, 9.17) is 16.3 Å². The number of benzene rings is 1. The molecule has 4 heteroatoms. The highest BCUT2D eigenvalue weighted by Crippen LogP contribution is 2.32. The zero-order valence-corrected chi connectivity index (χ0v) is 13.6. The molecule has 0 radical (unpaired) electrons. The molecule has 0 spiro atoms. The van der Waals surface area contributed by atoms with Gasteiger partial charge >= 0.3 is 0 Å². The van der Waals surface area contributed by atoms with E-state index in [1.807, 2.05) is 24.4 Å². The van der Waals surface area contributed by atoms with Crippen LogP contribution in [0.15, 0.2) is 42.6 Å². The zero-order chi connectivity index (χ0) is 15.4. The van der Waals surface area contributed by atoms with E-state index < -0.39 is 0 Å². The van der Waals surface area contributed by atoms with Gasteiger partial charge < -0.3 is 4.74 Å². The third-order valence-corrected chi connectivity index (χ3v) is 4.54. The van der Waals surface area contributed by atoms with Crippen LogP contribution in [-0.4, -0.2) is 23.5 Å². The Labute approximate surface area is 136 Å². The first-order chi connectivity index (χ1) is 10.8. The van der Waals surface area contributed by atoms with Crippen LogP contribution in [0.1, 0.15) is 36.6 Å². The monoisotopic (exact) mass is 316 g/mol. The maximum absolute atomic E-state index is 6.24. The first-order valence-corrected chi connectivity index (χ1v) is 8.13. The Hall–Kier alpha value is -1.58. The highest BCUT2D eigenvalue weighted by Gasteiger charge is 2.24. The summed E-state index contributed by atoms with van der Waals surface area (Å²) in [5, 5.41) is 0.673. The quantitative estimate of drug-likeness (QED) is 0.832. The van der Waals surface area contributed by atoms with Crippen LogP contribution in [0.3, 0.4) is 0 Å². The molecule has 1 saturated heterocycles. The Bertz CT molecular complexity index is 618. The van der Waals surface area contributed by atoms with Gasteiger partial charge in [0.1, 0.15) is 5.75 Å². The summed E-state index contributed by atoms with van der Waals surface area (Å²) in [7, 11) is 1.64. The first kappa shape index (κ1) is 15.3. The third kappa shape index (κ3) is 3.42. The van der Waals surface area contributed by atoms with Crippen LogP contribution in [-0.2, 0) is 6.54 Å². The summed E-state index contributed by atoms with van der Waals surface area (Å²) >= 11 is 6.24. The molecule has 1 fully saturated rings. The summed E-state index contributed by atoms with van der Waals surface area (Å²) in [5.74, 6) is 0.727. The van der Waals surface area contributed by atoms with E-state index in [0.717, 1.165) is 18.8 Å². The number of halogens is 1. The van der Waals surface area contributed by atoms with Gasteiger partial charge in [0, 0.05) is 12.7 Å². The van der Waals surface area contributed by atoms with Crippen molar-refractivity contribution < 1.29 is 4.74 Å². The summed E-state index contributed by atoms with van der Waals surface area (Å²) in [4.78, 5) is 7.06. The van der Waals surface area contributed by atoms with E-state index in [0.29, 0.717) is 11.1 Å². The standard InChI is InChI=1S/C18H21ClN2O/c1-22-18-9-8-14(12-15(18)19)13-21-11-5-3-7-17(21)16-6-2-4-10-20-16/h2,4,6,8-10,12,17H,3,5,7,11,13H2,1H3/t17-/m1/s1. The lowest BCUT2D eigenvalue weighted by atomic mass is 9.98. The molecule has 0 amide bonds. The fraction of sp³-hybridized carbons (Fsp3) is 0.389. The number of nitrogens with zero attached hydrogens (tertiary/aromatic N) is 2. The summed E-state index contributed by atoms with van der Waals surface area (Å²) in [6, 6.07) is 12.6. The Kier molecular flexibility index (Phi) is 4.96. The van der Waals surface area contributed by atoms with Crippen LogP contribution in [0.4, 0.5) is 0 Å². The molecule has 1 aromatic heterocycles. The number of hydrogen-bond acceptors (Lipinski definition) is 3. The number of pyridine rings is 1. The molecule has 22 heavy (non-hydrogen) atoms. The Balaban J connectivity index is 1.78. The summed E-state index contributed by atoms with van der Waals surface area (Å²) in [6.45, 7) is 2.00. The topological polar surface area (TPSA) is 25.4 Å². The summed E-state index contributed by atoms with van der Waals surface area (Å²) in [6.07, 6.45) is 5.56. The van der Waals surface area contributed by atoms with Crippen molar-refractivity contribution in [2.45, 2.75) is 31.8 Å². The van der Waals surface area contributed by atoms with Crippen molar-refractivity contribution in [1.82, 2.24) is 9.88 Å². The number of ether oxygens (including phenoxy) is 1. The molecule has 2 aromatic rings. The lowest BCUT2D eigenvalue weighted by molar-refractivity contribution is 0.137. The van der Waals surface area contributed by atoms with Crippen molar-refractivity contribution in [3.8, 4) is 5.75 Å². The third-order valence-electron chi connectivity index (χ3n) is 4.24. The van der Waals surface area contributed by atoms with Crippen LogP contribution in [0.5, 0.6) is 5.75 Å². The first-order valence-electron chi connectivity index (χ1n) is 7.75. The number of methoxy groups -OCH3 is 1. The van der Waals surface area contributed by atoms with Gasteiger partial charge in [0.05, 0.1) is 23.9 Å². The van der Waals surface area contributed by atoms with Crippen LogP contribution in [0, 0.1) is 0 Å². The van der Waals surface area contributed by atoms with E-state index >= 15 is 0 Å². The summed E-state index contributed by atoms with van der Waals surface area (Å²) in [5.41, 5.74) is 2.38. The molecule has 0 unspecified atom stereocenters. The minimum atomic E-state index is 0.399. The van der Waals surface area contributed by atoms with Gasteiger partial charge in [-0.1, -0.05) is 30.2 Å². The van der Waals surface area contributed by atoms with Crippen molar-refractivity contribution in [2.24, 2.45) is 0 Å². The second-order valence-corrected chi connectivity index (χ2v) is 6.11. The van der Waals surface area contributed by atoms with Crippen molar-refractivity contribution in [1.29, 1.82) is 0 Å². The highest BCUT2D eigenvalue weighted by molar-refractivity contribution is 6.32. The van der Waals surface area contributed by atoms with E-state index in [1.54, 1.807) is 7.11 Å². The number of rotatable bonds is 4. The maximum Gasteiger partial charge on any atom is 0.137 e. The molecule has 1 atom stereocenters. The SMILES string of the molecule is COc1ccc(CN2CCCC[C@@H]2c2ccccn2)cc1Cl. The van der Waals surface area contributed by atoms with Crippen LogP contribution < -0.4 is 4.74 Å². The van der Waals surface area contributed by atoms with E-state index in [1.165, 1.54) is 30.5 Å². The maximum atomic E-state index is 6.24. The Morgan fingerprint density at radius 2 is 2.18 bits per heavy atom. The molecule has 0 N–H and O–H groups in total. The molecule has 0 bridgehead atoms. The van der Waals surface area contributed by atoms with Crippen molar-refractivity contribution in [3.63, 3.8) is 0 Å². The second kappa shape index (κ2) is 7.12. The molecule has 1 aromatic carbocycles. The summed E-state index contributed by atoms with van der Waals surface area (Å²) < 4.78 is 5.22. The number of aromatic nitrogens is 1. The normalized spacial score (nSPS) is 19.1. The highest BCUT2D eigenvalue weighted by atomic mass is 35.5. The molecule has 1 aliphatic heterocycles. The number of piperidine rings is 1. The van der Waals surface area contributed by atoms with Gasteiger partial charge in [-0.15, -0.1) is 0 Å². The van der Waals surface area contributed by atoms with Gasteiger partial charge in [-0.05, 0) is 49.2 Å². The van der Waals surface area contributed by atoms with Crippen molar-refractivity contribution in [3.05, 3.63) is 58.9 Å². The average Bonchev–Trinajstić information content (AvgIpc) is 2.56. The largest absolute Gasteiger partial charge is 0.495 e. The molecular formula is C18H21ClN2O. The van der Waals surface area contributed by atoms with E-state index in [9.17, 15) is 0 Å². The molecule has 1 aliphatic rings. The van der Waals surface area contributed by atoms with Gasteiger partial charge in [-0.25, -0.2) is 0 Å². The smallest absolute Gasteiger partial charge is 0.137 e. The average molecular weight is 317 g/mol. The van der Waals surface area contributed by atoms with E-state index in [-0.39, 0.29) is 0 Å². The molecular weight excluding hydrogens is 296 g/mol. The van der Waals surface area contributed by atoms with Crippen LogP contribution in [0.25, 0.3) is 0 Å². The predicted molar refractivity (Wildman–Crippen MR) is 89.2 cm³/mol. The Morgan fingerprint density at radius 3 is 2.91 bits per heavy atom. The molecule has 3 rings (SSSR count). The van der Waals surface area contributed by atoms with Gasteiger partial charge in [0.15, 0.2) is 0 Å². The van der Waals surface area contributed by atoms with E-state index in [2.05, 4.69) is 28.1 Å². The fourth-order valence-corrected chi connectivity index (χ4v) is 3.41. The van der Waals surface area contributed by atoms with Crippen LogP contribution >= 0.6 is 11.6 Å². The van der Waals surface area contributed by atoms with Crippen LogP contribution in [0.2, 0.25) is 5.02 Å². The predicted octanol–water partition coefficient (Wildman–Crippen LogP) is 4.47. The molecule has 3 nitrogen and oxygen atoms in total. The van der Waals surface area contributed by atoms with Gasteiger partial charge in [-0.3, -0.25) is 9.88 Å². The minimum absolute atomic E-state index is 0.399. The second-order valence-electron chi connectivity index (χ2n) is 5.71. The van der Waals surface area contributed by atoms with Gasteiger partial charge in [0.25, 0.3) is 0 Å². The minimum Gasteiger partial charge on any atom is -0.495 e. The zero-order valence-electron chi connectivity index (χ0n) is 12.8. The van der Waals surface area contributed by atoms with Gasteiger partial charge in [-0.2, -0.15) is 0 Å².